The number of rotatable bonds is 9. The van der Waals surface area contributed by atoms with Gasteiger partial charge in [-0.05, 0) is 63.3 Å². The molecule has 1 saturated heterocycles. The molecule has 0 bridgehead atoms. The van der Waals surface area contributed by atoms with E-state index >= 15 is 0 Å². The van der Waals surface area contributed by atoms with Crippen LogP contribution in [0.1, 0.15) is 58.6 Å². The molecule has 8 nitrogen and oxygen atoms in total. The summed E-state index contributed by atoms with van der Waals surface area (Å²) in [5.41, 5.74) is 3.06. The van der Waals surface area contributed by atoms with Gasteiger partial charge in [-0.15, -0.1) is 0 Å². The Labute approximate surface area is 199 Å². The fourth-order valence-corrected chi connectivity index (χ4v) is 4.36. The number of nitrogens with one attached hydrogen (secondary N) is 1. The van der Waals surface area contributed by atoms with E-state index in [1.54, 1.807) is 18.3 Å². The van der Waals surface area contributed by atoms with Crippen molar-refractivity contribution >= 4 is 11.7 Å². The van der Waals surface area contributed by atoms with Crippen LogP contribution in [-0.2, 0) is 13.2 Å². The van der Waals surface area contributed by atoms with Gasteiger partial charge in [0, 0.05) is 31.9 Å². The van der Waals surface area contributed by atoms with Gasteiger partial charge in [0.1, 0.15) is 23.9 Å². The Kier molecular flexibility index (Phi) is 7.80. The minimum absolute atomic E-state index is 0.189. The van der Waals surface area contributed by atoms with Crippen molar-refractivity contribution in [1.82, 2.24) is 15.5 Å². The van der Waals surface area contributed by atoms with Gasteiger partial charge in [0.15, 0.2) is 0 Å². The maximum Gasteiger partial charge on any atom is 0.255 e. The van der Waals surface area contributed by atoms with Crippen molar-refractivity contribution in [3.63, 3.8) is 0 Å². The number of hydrogen-bond acceptors (Lipinski definition) is 7. The smallest absolute Gasteiger partial charge is 0.255 e. The molecule has 34 heavy (non-hydrogen) atoms. The summed E-state index contributed by atoms with van der Waals surface area (Å²) < 4.78 is 11.1. The molecule has 1 atom stereocenters. The lowest BCUT2D eigenvalue weighted by Gasteiger charge is -2.36. The molecule has 0 unspecified atom stereocenters. The van der Waals surface area contributed by atoms with Crippen molar-refractivity contribution in [2.75, 3.05) is 18.1 Å². The standard InChI is InChI=1S/C26H32N4O4/c1-18-23(19(2)34-29-18)17-33-24-9-4-3-8-22(24)26(32)28-16-20-10-11-25(27-15-20)30-13-6-5-7-21(30)12-14-31/h3-4,8-11,15,21,31H,5-7,12-14,16-17H2,1-2H3,(H,28,32)/t21-/m1/s1. The van der Waals surface area contributed by atoms with E-state index < -0.39 is 0 Å². The predicted octanol–water partition coefficient (Wildman–Crippen LogP) is 3.94. The molecule has 0 saturated carbocycles. The number of pyridine rings is 1. The minimum Gasteiger partial charge on any atom is -0.488 e. The van der Waals surface area contributed by atoms with Crippen LogP contribution >= 0.6 is 0 Å². The number of para-hydroxylation sites is 1. The van der Waals surface area contributed by atoms with Gasteiger partial charge in [-0.2, -0.15) is 0 Å². The zero-order chi connectivity index (χ0) is 23.9. The highest BCUT2D eigenvalue weighted by atomic mass is 16.5. The van der Waals surface area contributed by atoms with Crippen LogP contribution in [0.2, 0.25) is 0 Å². The fraction of sp³-hybridized carbons (Fsp3) is 0.423. The highest BCUT2D eigenvalue weighted by Crippen LogP contribution is 2.25. The molecule has 1 aromatic carbocycles. The summed E-state index contributed by atoms with van der Waals surface area (Å²) in [5, 5.41) is 16.3. The minimum atomic E-state index is -0.211. The van der Waals surface area contributed by atoms with E-state index in [1.165, 1.54) is 6.42 Å². The molecular formula is C26H32N4O4. The number of anilines is 1. The molecule has 0 aliphatic carbocycles. The Morgan fingerprint density at radius 2 is 2.09 bits per heavy atom. The highest BCUT2D eigenvalue weighted by molar-refractivity contribution is 5.96. The third-order valence-corrected chi connectivity index (χ3v) is 6.33. The van der Waals surface area contributed by atoms with Gasteiger partial charge in [-0.3, -0.25) is 4.79 Å². The summed E-state index contributed by atoms with van der Waals surface area (Å²) in [6, 6.07) is 11.5. The quantitative estimate of drug-likeness (QED) is 0.495. The average molecular weight is 465 g/mol. The summed E-state index contributed by atoms with van der Waals surface area (Å²) in [6.07, 6.45) is 5.98. The van der Waals surface area contributed by atoms with Crippen LogP contribution in [0, 0.1) is 13.8 Å². The van der Waals surface area contributed by atoms with Crippen molar-refractivity contribution in [2.45, 2.75) is 58.7 Å². The van der Waals surface area contributed by atoms with Crippen molar-refractivity contribution in [2.24, 2.45) is 0 Å². The summed E-state index contributed by atoms with van der Waals surface area (Å²) in [7, 11) is 0. The molecule has 0 spiro atoms. The zero-order valence-corrected chi connectivity index (χ0v) is 19.8. The van der Waals surface area contributed by atoms with E-state index in [4.69, 9.17) is 9.26 Å². The summed E-state index contributed by atoms with van der Waals surface area (Å²) in [5.74, 6) is 1.93. The molecular weight excluding hydrogens is 432 g/mol. The number of carbonyl (C=O) groups is 1. The summed E-state index contributed by atoms with van der Waals surface area (Å²) in [4.78, 5) is 19.8. The molecule has 3 heterocycles. The van der Waals surface area contributed by atoms with Gasteiger partial charge in [-0.25, -0.2) is 4.98 Å². The number of ether oxygens (including phenoxy) is 1. The van der Waals surface area contributed by atoms with E-state index in [2.05, 4.69) is 20.4 Å². The van der Waals surface area contributed by atoms with Crippen molar-refractivity contribution in [1.29, 1.82) is 0 Å². The molecule has 3 aromatic rings. The number of nitrogens with zero attached hydrogens (tertiary/aromatic N) is 3. The number of aromatic nitrogens is 2. The average Bonchev–Trinajstić information content (AvgIpc) is 3.19. The Hall–Kier alpha value is -3.39. The first kappa shape index (κ1) is 23.8. The lowest BCUT2D eigenvalue weighted by molar-refractivity contribution is 0.0946. The van der Waals surface area contributed by atoms with Gasteiger partial charge in [0.25, 0.3) is 5.91 Å². The van der Waals surface area contributed by atoms with Crippen LogP contribution in [0.15, 0.2) is 47.1 Å². The van der Waals surface area contributed by atoms with E-state index in [-0.39, 0.29) is 19.1 Å². The second-order valence-corrected chi connectivity index (χ2v) is 8.65. The van der Waals surface area contributed by atoms with Gasteiger partial charge < -0.3 is 24.6 Å². The van der Waals surface area contributed by atoms with Crippen molar-refractivity contribution in [3.8, 4) is 5.75 Å². The molecule has 8 heteroatoms. The van der Waals surface area contributed by atoms with E-state index in [1.807, 2.05) is 38.1 Å². The Morgan fingerprint density at radius 1 is 1.24 bits per heavy atom. The largest absolute Gasteiger partial charge is 0.488 e. The highest BCUT2D eigenvalue weighted by Gasteiger charge is 2.23. The Morgan fingerprint density at radius 3 is 2.82 bits per heavy atom. The topological polar surface area (TPSA) is 101 Å². The second-order valence-electron chi connectivity index (χ2n) is 8.65. The summed E-state index contributed by atoms with van der Waals surface area (Å²) in [6.45, 7) is 5.50. The van der Waals surface area contributed by atoms with Gasteiger partial charge in [-0.1, -0.05) is 23.4 Å². The lowest BCUT2D eigenvalue weighted by atomic mass is 9.99. The molecule has 0 radical (unpaired) electrons. The molecule has 1 aliphatic heterocycles. The van der Waals surface area contributed by atoms with Crippen LogP contribution in [0.25, 0.3) is 0 Å². The first-order chi connectivity index (χ1) is 16.6. The number of benzene rings is 1. The first-order valence-corrected chi connectivity index (χ1v) is 11.8. The molecule has 2 N–H and O–H groups in total. The van der Waals surface area contributed by atoms with E-state index in [0.717, 1.165) is 48.4 Å². The van der Waals surface area contributed by atoms with Gasteiger partial charge >= 0.3 is 0 Å². The Bertz CT molecular complexity index is 1070. The van der Waals surface area contributed by atoms with Crippen molar-refractivity contribution < 1.29 is 19.2 Å². The maximum atomic E-state index is 12.9. The number of amides is 1. The van der Waals surface area contributed by atoms with Crippen LogP contribution < -0.4 is 15.0 Å². The zero-order valence-electron chi connectivity index (χ0n) is 19.8. The SMILES string of the molecule is Cc1noc(C)c1COc1ccccc1C(=O)NCc1ccc(N2CCCC[C@@H]2CCO)nc1. The molecule has 180 valence electrons. The third kappa shape index (κ3) is 5.56. The van der Waals surface area contributed by atoms with Crippen LogP contribution in [-0.4, -0.2) is 40.3 Å². The van der Waals surface area contributed by atoms with Crippen LogP contribution in [0.4, 0.5) is 5.82 Å². The maximum absolute atomic E-state index is 12.9. The van der Waals surface area contributed by atoms with Crippen molar-refractivity contribution in [3.05, 3.63) is 70.7 Å². The number of aryl methyl sites for hydroxylation is 2. The number of aliphatic hydroxyl groups is 1. The third-order valence-electron chi connectivity index (χ3n) is 6.33. The summed E-state index contributed by atoms with van der Waals surface area (Å²) >= 11 is 0. The van der Waals surface area contributed by atoms with Gasteiger partial charge in [0.2, 0.25) is 0 Å². The molecule has 1 aliphatic rings. The number of carbonyl (C=O) groups excluding carboxylic acids is 1. The van der Waals surface area contributed by atoms with Crippen LogP contribution in [0.5, 0.6) is 5.75 Å². The monoisotopic (exact) mass is 464 g/mol. The van der Waals surface area contributed by atoms with E-state index in [0.29, 0.717) is 29.7 Å². The van der Waals surface area contributed by atoms with E-state index in [9.17, 15) is 9.90 Å². The molecule has 4 rings (SSSR count). The fourth-order valence-electron chi connectivity index (χ4n) is 4.36. The first-order valence-electron chi connectivity index (χ1n) is 11.8. The normalized spacial score (nSPS) is 15.9. The number of aliphatic hydroxyl groups excluding tert-OH is 1. The number of hydrogen-bond donors (Lipinski definition) is 2. The van der Waals surface area contributed by atoms with Crippen LogP contribution in [0.3, 0.4) is 0 Å². The molecule has 1 fully saturated rings. The predicted molar refractivity (Wildman–Crippen MR) is 129 cm³/mol. The second kappa shape index (κ2) is 11.2. The number of piperidine rings is 1. The lowest BCUT2D eigenvalue weighted by Crippen LogP contribution is -2.40. The molecule has 2 aromatic heterocycles. The van der Waals surface area contributed by atoms with Gasteiger partial charge in [0.05, 0.1) is 16.8 Å². The molecule has 1 amide bonds. The Balaban J connectivity index is 1.36.